The van der Waals surface area contributed by atoms with Crippen LogP contribution in [0, 0.1) is 12.3 Å². The largest absolute Gasteiger partial charge is 0.467 e. The molecular weight excluding hydrogens is 324 g/mol. The summed E-state index contributed by atoms with van der Waals surface area (Å²) in [5.74, 6) is -0.928. The number of rotatable bonds is 4. The Bertz CT molecular complexity index is 562. The van der Waals surface area contributed by atoms with E-state index < -0.39 is 54.4 Å². The van der Waals surface area contributed by atoms with Crippen LogP contribution in [0.2, 0.25) is 0 Å². The van der Waals surface area contributed by atoms with Gasteiger partial charge in [-0.1, -0.05) is 5.92 Å². The fourth-order valence-electron chi connectivity index (χ4n) is 2.25. The zero-order chi connectivity index (χ0) is 18.4. The van der Waals surface area contributed by atoms with Gasteiger partial charge in [0.25, 0.3) is 0 Å². The predicted octanol–water partition coefficient (Wildman–Crippen LogP) is -0.645. The maximum absolute atomic E-state index is 11.9. The number of hydrogen-bond acceptors (Lipinski definition) is 9. The molecule has 0 radical (unpaired) electrons. The van der Waals surface area contributed by atoms with Gasteiger partial charge in [0, 0.05) is 20.8 Å². The van der Waals surface area contributed by atoms with E-state index in [-0.39, 0.29) is 0 Å². The van der Waals surface area contributed by atoms with Gasteiger partial charge in [-0.2, -0.15) is 0 Å². The first kappa shape index (κ1) is 19.4. The lowest BCUT2D eigenvalue weighted by Crippen LogP contribution is -2.63. The Labute approximate surface area is 138 Å². The smallest absolute Gasteiger partial charge is 0.339 e. The number of ether oxygens (including phenoxy) is 5. The molecule has 1 fully saturated rings. The Kier molecular flexibility index (Phi) is 6.73. The van der Waals surface area contributed by atoms with Gasteiger partial charge in [-0.25, -0.2) is 4.79 Å². The summed E-state index contributed by atoms with van der Waals surface area (Å²) < 4.78 is 25.2. The molecule has 24 heavy (non-hydrogen) atoms. The molecule has 9 heteroatoms. The molecule has 0 bridgehead atoms. The third-order valence-electron chi connectivity index (χ3n) is 3.04. The lowest BCUT2D eigenvalue weighted by atomic mass is 9.94. The second kappa shape index (κ2) is 8.31. The maximum Gasteiger partial charge on any atom is 0.339 e. The van der Waals surface area contributed by atoms with Gasteiger partial charge in [-0.05, 0) is 0 Å². The van der Waals surface area contributed by atoms with Crippen LogP contribution in [-0.4, -0.2) is 61.5 Å². The molecule has 0 aromatic carbocycles. The number of carbonyl (C=O) groups excluding carboxylic acids is 4. The normalized spacial score (nSPS) is 28.9. The number of hydrogen-bond donors (Lipinski definition) is 0. The van der Waals surface area contributed by atoms with Gasteiger partial charge < -0.3 is 23.7 Å². The van der Waals surface area contributed by atoms with Crippen molar-refractivity contribution in [2.24, 2.45) is 0 Å². The highest BCUT2D eigenvalue weighted by Gasteiger charge is 2.54. The van der Waals surface area contributed by atoms with E-state index in [2.05, 4.69) is 10.7 Å². The second-order valence-corrected chi connectivity index (χ2v) is 4.89. The second-order valence-electron chi connectivity index (χ2n) is 4.89. The van der Waals surface area contributed by atoms with Gasteiger partial charge >= 0.3 is 23.9 Å². The zero-order valence-corrected chi connectivity index (χ0v) is 13.6. The monoisotopic (exact) mass is 342 g/mol. The van der Waals surface area contributed by atoms with Crippen molar-refractivity contribution in [1.82, 2.24) is 0 Å². The molecule has 0 saturated carbocycles. The number of terminal acetylenes is 1. The van der Waals surface area contributed by atoms with Gasteiger partial charge in [0.2, 0.25) is 0 Å². The summed E-state index contributed by atoms with van der Waals surface area (Å²) in [6.07, 6.45) is -1.31. The SMILES string of the molecule is C#CC1OC(C(=O)OC)C(OC(C)=O)C(OC(C)=O)C1OC(C)=O. The number of esters is 4. The van der Waals surface area contributed by atoms with Crippen LogP contribution in [-0.2, 0) is 42.9 Å². The molecule has 5 atom stereocenters. The number of carbonyl (C=O) groups is 4. The van der Waals surface area contributed by atoms with Crippen LogP contribution in [0.15, 0.2) is 0 Å². The van der Waals surface area contributed by atoms with E-state index >= 15 is 0 Å². The van der Waals surface area contributed by atoms with E-state index in [0.717, 1.165) is 27.9 Å². The van der Waals surface area contributed by atoms with Crippen LogP contribution >= 0.6 is 0 Å². The van der Waals surface area contributed by atoms with Gasteiger partial charge in [-0.15, -0.1) is 6.42 Å². The molecule has 1 aliphatic rings. The average molecular weight is 342 g/mol. The molecule has 0 N–H and O–H groups in total. The maximum atomic E-state index is 11.9. The summed E-state index contributed by atoms with van der Waals surface area (Å²) in [6, 6.07) is 0. The highest BCUT2D eigenvalue weighted by Crippen LogP contribution is 2.29. The quantitative estimate of drug-likeness (QED) is 0.373. The molecule has 132 valence electrons. The molecule has 1 heterocycles. The van der Waals surface area contributed by atoms with Crippen LogP contribution in [0.1, 0.15) is 20.8 Å². The molecule has 0 amide bonds. The minimum atomic E-state index is -1.45. The molecule has 1 saturated heterocycles. The molecule has 1 rings (SSSR count). The fourth-order valence-corrected chi connectivity index (χ4v) is 2.25. The van der Waals surface area contributed by atoms with Crippen molar-refractivity contribution in [3.63, 3.8) is 0 Å². The topological polar surface area (TPSA) is 114 Å². The third kappa shape index (κ3) is 4.70. The first-order chi connectivity index (χ1) is 11.2. The molecule has 0 aromatic rings. The van der Waals surface area contributed by atoms with Crippen LogP contribution in [0.25, 0.3) is 0 Å². The Balaban J connectivity index is 3.31. The highest BCUT2D eigenvalue weighted by atomic mass is 16.7. The van der Waals surface area contributed by atoms with Gasteiger partial charge in [0.1, 0.15) is 0 Å². The predicted molar refractivity (Wildman–Crippen MR) is 76.2 cm³/mol. The van der Waals surface area contributed by atoms with E-state index in [9.17, 15) is 19.2 Å². The van der Waals surface area contributed by atoms with Crippen molar-refractivity contribution in [2.75, 3.05) is 7.11 Å². The van der Waals surface area contributed by atoms with Gasteiger partial charge in [-0.3, -0.25) is 14.4 Å². The molecule has 0 spiro atoms. The van der Waals surface area contributed by atoms with Crippen LogP contribution < -0.4 is 0 Å². The summed E-state index contributed by atoms with van der Waals surface area (Å²) in [5.41, 5.74) is 0. The average Bonchev–Trinajstić information content (AvgIpc) is 2.48. The van der Waals surface area contributed by atoms with Crippen molar-refractivity contribution >= 4 is 23.9 Å². The minimum Gasteiger partial charge on any atom is -0.467 e. The Morgan fingerprint density at radius 3 is 1.75 bits per heavy atom. The zero-order valence-electron chi connectivity index (χ0n) is 13.6. The lowest BCUT2D eigenvalue weighted by molar-refractivity contribution is -0.239. The summed E-state index contributed by atoms with van der Waals surface area (Å²) in [7, 11) is 1.10. The van der Waals surface area contributed by atoms with Crippen molar-refractivity contribution < 1.29 is 42.9 Å². The van der Waals surface area contributed by atoms with E-state index in [1.807, 2.05) is 0 Å². The van der Waals surface area contributed by atoms with Crippen molar-refractivity contribution in [3.05, 3.63) is 0 Å². The van der Waals surface area contributed by atoms with Crippen molar-refractivity contribution in [3.8, 4) is 12.3 Å². The number of methoxy groups -OCH3 is 1. The van der Waals surface area contributed by atoms with E-state index in [1.54, 1.807) is 0 Å². The summed E-state index contributed by atoms with van der Waals surface area (Å²) in [4.78, 5) is 46.0. The third-order valence-corrected chi connectivity index (χ3v) is 3.04. The van der Waals surface area contributed by atoms with Gasteiger partial charge in [0.15, 0.2) is 30.5 Å². The molecule has 0 aliphatic carbocycles. The molecule has 1 aliphatic heterocycles. The molecule has 0 aromatic heterocycles. The Morgan fingerprint density at radius 1 is 0.875 bits per heavy atom. The highest BCUT2D eigenvalue weighted by molar-refractivity contribution is 5.77. The summed E-state index contributed by atoms with van der Waals surface area (Å²) in [5, 5.41) is 0. The first-order valence-electron chi connectivity index (χ1n) is 6.92. The van der Waals surface area contributed by atoms with E-state index in [0.29, 0.717) is 0 Å². The van der Waals surface area contributed by atoms with Crippen molar-refractivity contribution in [1.29, 1.82) is 0 Å². The Hall–Kier alpha value is -2.60. The van der Waals surface area contributed by atoms with Crippen LogP contribution in [0.4, 0.5) is 0 Å². The lowest BCUT2D eigenvalue weighted by Gasteiger charge is -2.41. The van der Waals surface area contributed by atoms with Crippen molar-refractivity contribution in [2.45, 2.75) is 51.3 Å². The van der Waals surface area contributed by atoms with Crippen LogP contribution in [0.5, 0.6) is 0 Å². The van der Waals surface area contributed by atoms with Gasteiger partial charge in [0.05, 0.1) is 7.11 Å². The molecule has 9 nitrogen and oxygen atoms in total. The molecule has 5 unspecified atom stereocenters. The summed E-state index contributed by atoms with van der Waals surface area (Å²) in [6.45, 7) is 3.31. The Morgan fingerprint density at radius 2 is 1.33 bits per heavy atom. The first-order valence-corrected chi connectivity index (χ1v) is 6.92. The minimum absolute atomic E-state index is 0.723. The summed E-state index contributed by atoms with van der Waals surface area (Å²) >= 11 is 0. The van der Waals surface area contributed by atoms with E-state index in [4.69, 9.17) is 25.4 Å². The van der Waals surface area contributed by atoms with Crippen LogP contribution in [0.3, 0.4) is 0 Å². The molecular formula is C15H18O9. The fraction of sp³-hybridized carbons (Fsp3) is 0.600. The van der Waals surface area contributed by atoms with E-state index in [1.165, 1.54) is 0 Å². The standard InChI is InChI=1S/C15H18O9/c1-6-10-11(21-7(2)16)12(22-8(3)17)13(23-9(4)18)14(24-10)15(19)20-5/h1,10-14H,2-5H3.